The number of benzene rings is 1. The summed E-state index contributed by atoms with van der Waals surface area (Å²) in [6.07, 6.45) is 4.52. The van der Waals surface area contributed by atoms with E-state index < -0.39 is 5.82 Å². The van der Waals surface area contributed by atoms with Crippen LogP contribution in [0.5, 0.6) is 11.6 Å². The molecule has 3 heterocycles. The van der Waals surface area contributed by atoms with Crippen LogP contribution in [0.4, 0.5) is 10.2 Å². The van der Waals surface area contributed by atoms with E-state index in [0.29, 0.717) is 22.5 Å². The largest absolute Gasteiger partial charge is 0.436 e. The van der Waals surface area contributed by atoms with Crippen molar-refractivity contribution in [2.24, 2.45) is 0 Å². The van der Waals surface area contributed by atoms with Crippen LogP contribution < -0.4 is 10.5 Å². The summed E-state index contributed by atoms with van der Waals surface area (Å²) in [6, 6.07) is 9.50. The second-order valence-corrected chi connectivity index (χ2v) is 4.94. The minimum atomic E-state index is -0.450. The summed E-state index contributed by atoms with van der Waals surface area (Å²) in [5.74, 6) is 0.296. The third kappa shape index (κ3) is 2.39. The quantitative estimate of drug-likeness (QED) is 0.623. The molecular formula is C16H11FN6O. The maximum Gasteiger partial charge on any atom is 0.219 e. The van der Waals surface area contributed by atoms with Crippen molar-refractivity contribution in [2.45, 2.75) is 0 Å². The van der Waals surface area contributed by atoms with Crippen molar-refractivity contribution in [3.8, 4) is 17.3 Å². The fourth-order valence-electron chi connectivity index (χ4n) is 2.25. The Morgan fingerprint density at radius 1 is 1.00 bits per heavy atom. The molecule has 8 heteroatoms. The summed E-state index contributed by atoms with van der Waals surface area (Å²) in [4.78, 5) is 12.3. The normalized spacial score (nSPS) is 10.9. The summed E-state index contributed by atoms with van der Waals surface area (Å²) in [5, 5.41) is 4.90. The molecule has 7 nitrogen and oxygen atoms in total. The van der Waals surface area contributed by atoms with Gasteiger partial charge >= 0.3 is 0 Å². The van der Waals surface area contributed by atoms with Crippen molar-refractivity contribution in [3.63, 3.8) is 0 Å². The van der Waals surface area contributed by atoms with E-state index >= 15 is 0 Å². The van der Waals surface area contributed by atoms with Crippen molar-refractivity contribution in [1.29, 1.82) is 0 Å². The molecular weight excluding hydrogens is 311 g/mol. The van der Waals surface area contributed by atoms with Gasteiger partial charge < -0.3 is 10.5 Å². The second-order valence-electron chi connectivity index (χ2n) is 4.94. The van der Waals surface area contributed by atoms with Gasteiger partial charge in [0, 0.05) is 6.07 Å². The van der Waals surface area contributed by atoms with Crippen molar-refractivity contribution < 1.29 is 9.13 Å². The van der Waals surface area contributed by atoms with E-state index in [9.17, 15) is 4.39 Å². The molecule has 0 aliphatic carbocycles. The van der Waals surface area contributed by atoms with E-state index in [1.165, 1.54) is 18.5 Å². The van der Waals surface area contributed by atoms with Gasteiger partial charge in [0.25, 0.3) is 0 Å². The van der Waals surface area contributed by atoms with E-state index in [1.54, 1.807) is 41.3 Å². The predicted octanol–water partition coefficient (Wildman–Crippen LogP) is 2.72. The summed E-state index contributed by atoms with van der Waals surface area (Å²) < 4.78 is 20.6. The average Bonchev–Trinajstić information content (AvgIpc) is 3.03. The van der Waals surface area contributed by atoms with E-state index in [0.717, 1.165) is 0 Å². The molecule has 3 aromatic heterocycles. The van der Waals surface area contributed by atoms with Gasteiger partial charge in [-0.05, 0) is 18.2 Å². The molecule has 1 aromatic carbocycles. The highest BCUT2D eigenvalue weighted by atomic mass is 19.1. The number of fused-ring (bicyclic) bond motifs is 1. The number of halogens is 1. The number of hydrogen-bond acceptors (Lipinski definition) is 6. The van der Waals surface area contributed by atoms with Crippen LogP contribution in [-0.4, -0.2) is 24.7 Å². The Balaban J connectivity index is 1.66. The average molecular weight is 322 g/mol. The Labute approximate surface area is 135 Å². The molecule has 0 aliphatic rings. The molecule has 24 heavy (non-hydrogen) atoms. The number of anilines is 1. The predicted molar refractivity (Wildman–Crippen MR) is 85.3 cm³/mol. The smallest absolute Gasteiger partial charge is 0.219 e. The molecule has 0 saturated carbocycles. The molecule has 4 rings (SSSR count). The number of nitrogens with two attached hydrogens (primary N) is 1. The molecule has 118 valence electrons. The Morgan fingerprint density at radius 2 is 1.88 bits per heavy atom. The number of hydrogen-bond donors (Lipinski definition) is 1. The second kappa shape index (κ2) is 5.58. The van der Waals surface area contributed by atoms with Crippen molar-refractivity contribution in [3.05, 3.63) is 60.9 Å². The zero-order valence-corrected chi connectivity index (χ0v) is 12.3. The minimum Gasteiger partial charge on any atom is -0.436 e. The third-order valence-electron chi connectivity index (χ3n) is 3.41. The number of para-hydroxylation sites is 1. The van der Waals surface area contributed by atoms with Crippen molar-refractivity contribution in [1.82, 2.24) is 24.7 Å². The van der Waals surface area contributed by atoms with Gasteiger partial charge in [0.2, 0.25) is 5.88 Å². The lowest BCUT2D eigenvalue weighted by Crippen LogP contribution is -2.00. The molecule has 2 N–H and O–H groups in total. The van der Waals surface area contributed by atoms with E-state index in [2.05, 4.69) is 20.1 Å². The SMILES string of the molecule is Nc1ncnc2c1cnn2-c1ccc(Oc2ccccc2F)nc1. The third-order valence-corrected chi connectivity index (χ3v) is 3.41. The Hall–Kier alpha value is -3.55. The molecule has 0 spiro atoms. The first kappa shape index (κ1) is 14.1. The zero-order chi connectivity index (χ0) is 16.5. The van der Waals surface area contributed by atoms with Gasteiger partial charge in [-0.25, -0.2) is 24.0 Å². The zero-order valence-electron chi connectivity index (χ0n) is 12.3. The topological polar surface area (TPSA) is 91.7 Å². The van der Waals surface area contributed by atoms with Crippen LogP contribution in [0.2, 0.25) is 0 Å². The molecule has 0 amide bonds. The van der Waals surface area contributed by atoms with Crippen LogP contribution in [0.1, 0.15) is 0 Å². The highest BCUT2D eigenvalue weighted by Crippen LogP contribution is 2.24. The Bertz CT molecular complexity index is 1010. The van der Waals surface area contributed by atoms with Gasteiger partial charge in [0.15, 0.2) is 17.2 Å². The number of pyridine rings is 1. The lowest BCUT2D eigenvalue weighted by Gasteiger charge is -2.07. The molecule has 0 radical (unpaired) electrons. The van der Waals surface area contributed by atoms with E-state index in [4.69, 9.17) is 10.5 Å². The molecule has 0 aliphatic heterocycles. The van der Waals surface area contributed by atoms with Gasteiger partial charge in [-0.3, -0.25) is 0 Å². The van der Waals surface area contributed by atoms with E-state index in [1.807, 2.05) is 0 Å². The first-order valence-electron chi connectivity index (χ1n) is 7.05. The fourth-order valence-corrected chi connectivity index (χ4v) is 2.25. The summed E-state index contributed by atoms with van der Waals surface area (Å²) in [7, 11) is 0. The maximum atomic E-state index is 13.6. The summed E-state index contributed by atoms with van der Waals surface area (Å²) in [6.45, 7) is 0. The van der Waals surface area contributed by atoms with Gasteiger partial charge in [-0.2, -0.15) is 5.10 Å². The van der Waals surface area contributed by atoms with Crippen LogP contribution in [0, 0.1) is 5.82 Å². The maximum absolute atomic E-state index is 13.6. The minimum absolute atomic E-state index is 0.114. The molecule has 0 fully saturated rings. The Morgan fingerprint density at radius 3 is 2.67 bits per heavy atom. The lowest BCUT2D eigenvalue weighted by atomic mass is 10.3. The van der Waals surface area contributed by atoms with Gasteiger partial charge in [0.1, 0.15) is 12.1 Å². The van der Waals surface area contributed by atoms with Crippen LogP contribution in [0.15, 0.2) is 55.1 Å². The summed E-state index contributed by atoms with van der Waals surface area (Å²) in [5.41, 5.74) is 7.04. The van der Waals surface area contributed by atoms with Crippen LogP contribution in [0.3, 0.4) is 0 Å². The van der Waals surface area contributed by atoms with Crippen LogP contribution in [0.25, 0.3) is 16.7 Å². The Kier molecular flexibility index (Phi) is 3.27. The van der Waals surface area contributed by atoms with Crippen LogP contribution >= 0.6 is 0 Å². The summed E-state index contributed by atoms with van der Waals surface area (Å²) >= 11 is 0. The highest BCUT2D eigenvalue weighted by molar-refractivity contribution is 5.85. The monoisotopic (exact) mass is 322 g/mol. The number of aromatic nitrogens is 5. The van der Waals surface area contributed by atoms with Crippen LogP contribution in [-0.2, 0) is 0 Å². The van der Waals surface area contributed by atoms with Gasteiger partial charge in [-0.15, -0.1) is 0 Å². The molecule has 4 aromatic rings. The van der Waals surface area contributed by atoms with Gasteiger partial charge in [-0.1, -0.05) is 12.1 Å². The molecule has 0 atom stereocenters. The first-order chi connectivity index (χ1) is 11.7. The van der Waals surface area contributed by atoms with Crippen molar-refractivity contribution >= 4 is 16.9 Å². The number of nitrogens with zero attached hydrogens (tertiary/aromatic N) is 5. The highest BCUT2D eigenvalue weighted by Gasteiger charge is 2.10. The number of rotatable bonds is 3. The lowest BCUT2D eigenvalue weighted by molar-refractivity contribution is 0.427. The first-order valence-corrected chi connectivity index (χ1v) is 7.05. The number of ether oxygens (including phenoxy) is 1. The van der Waals surface area contributed by atoms with Gasteiger partial charge in [0.05, 0.1) is 23.5 Å². The number of nitrogen functional groups attached to an aromatic ring is 1. The standard InChI is InChI=1S/C16H11FN6O/c17-12-3-1-2-4-13(12)24-14-6-5-10(7-19-14)23-16-11(8-22-23)15(18)20-9-21-16/h1-9H,(H2,18,20,21). The molecule has 0 saturated heterocycles. The molecule has 0 unspecified atom stereocenters. The fraction of sp³-hybridized carbons (Fsp3) is 0. The molecule has 0 bridgehead atoms. The van der Waals surface area contributed by atoms with Crippen molar-refractivity contribution in [2.75, 3.05) is 5.73 Å². The van der Waals surface area contributed by atoms with E-state index in [-0.39, 0.29) is 11.6 Å².